The highest BCUT2D eigenvalue weighted by molar-refractivity contribution is 7.99. The van der Waals surface area contributed by atoms with Gasteiger partial charge < -0.3 is 10.1 Å². The average molecular weight is 387 g/mol. The van der Waals surface area contributed by atoms with Gasteiger partial charge in [-0.25, -0.2) is 9.18 Å². The number of thioether (sulfide) groups is 1. The highest BCUT2D eigenvalue weighted by Gasteiger charge is 2.14. The van der Waals surface area contributed by atoms with E-state index in [2.05, 4.69) is 20.8 Å². The maximum Gasteiger partial charge on any atom is 0.337 e. The number of hydrogen-bond acceptors (Lipinski definition) is 7. The Labute approximate surface area is 157 Å². The van der Waals surface area contributed by atoms with E-state index in [0.717, 1.165) is 11.8 Å². The standard InChI is InChI=1S/C17H14FN5O3S/c1-26-16(25)11-3-2-4-14(9-11)23-17(20-21-22-23)27-10-15(24)19-13-7-5-12(18)6-8-13/h2-9H,10H2,1H3,(H,19,24). The average Bonchev–Trinajstić information content (AvgIpc) is 3.16. The molecular weight excluding hydrogens is 373 g/mol. The minimum Gasteiger partial charge on any atom is -0.465 e. The van der Waals surface area contributed by atoms with Crippen LogP contribution in [0.5, 0.6) is 0 Å². The summed E-state index contributed by atoms with van der Waals surface area (Å²) in [5.74, 6) is -1.09. The zero-order valence-corrected chi connectivity index (χ0v) is 14.9. The molecule has 0 aliphatic heterocycles. The molecule has 1 amide bonds. The third-order valence-corrected chi connectivity index (χ3v) is 4.33. The second-order valence-electron chi connectivity index (χ2n) is 5.26. The minimum atomic E-state index is -0.474. The van der Waals surface area contributed by atoms with E-state index in [1.807, 2.05) is 0 Å². The van der Waals surface area contributed by atoms with Crippen LogP contribution in [0.2, 0.25) is 0 Å². The van der Waals surface area contributed by atoms with Gasteiger partial charge in [-0.15, -0.1) is 5.10 Å². The largest absolute Gasteiger partial charge is 0.465 e. The molecule has 1 N–H and O–H groups in total. The van der Waals surface area contributed by atoms with Crippen molar-refractivity contribution in [2.24, 2.45) is 0 Å². The van der Waals surface area contributed by atoms with Crippen molar-refractivity contribution >= 4 is 29.3 Å². The number of nitrogens with zero attached hydrogens (tertiary/aromatic N) is 4. The van der Waals surface area contributed by atoms with Crippen molar-refractivity contribution in [2.45, 2.75) is 5.16 Å². The van der Waals surface area contributed by atoms with Crippen molar-refractivity contribution in [1.29, 1.82) is 0 Å². The van der Waals surface area contributed by atoms with E-state index in [9.17, 15) is 14.0 Å². The number of anilines is 1. The lowest BCUT2D eigenvalue weighted by atomic mass is 10.2. The molecule has 0 bridgehead atoms. The Morgan fingerprint density at radius 1 is 1.22 bits per heavy atom. The van der Waals surface area contributed by atoms with E-state index in [-0.39, 0.29) is 17.5 Å². The lowest BCUT2D eigenvalue weighted by Crippen LogP contribution is -2.14. The van der Waals surface area contributed by atoms with Gasteiger partial charge in [0.1, 0.15) is 5.82 Å². The van der Waals surface area contributed by atoms with E-state index >= 15 is 0 Å². The molecule has 27 heavy (non-hydrogen) atoms. The molecule has 0 atom stereocenters. The van der Waals surface area contributed by atoms with E-state index in [1.54, 1.807) is 24.3 Å². The predicted molar refractivity (Wildman–Crippen MR) is 96.2 cm³/mol. The summed E-state index contributed by atoms with van der Waals surface area (Å²) < 4.78 is 19.0. The summed E-state index contributed by atoms with van der Waals surface area (Å²) in [4.78, 5) is 23.7. The van der Waals surface area contributed by atoms with Crippen LogP contribution in [0, 0.1) is 5.82 Å². The van der Waals surface area contributed by atoms with Crippen LogP contribution >= 0.6 is 11.8 Å². The maximum absolute atomic E-state index is 12.9. The molecule has 2 aromatic carbocycles. The van der Waals surface area contributed by atoms with Gasteiger partial charge >= 0.3 is 5.97 Å². The summed E-state index contributed by atoms with van der Waals surface area (Å²) in [6.07, 6.45) is 0. The first-order chi connectivity index (χ1) is 13.1. The van der Waals surface area contributed by atoms with Crippen LogP contribution in [0.15, 0.2) is 53.7 Å². The summed E-state index contributed by atoms with van der Waals surface area (Å²) in [6, 6.07) is 12.1. The molecule has 0 saturated carbocycles. The van der Waals surface area contributed by atoms with Gasteiger partial charge in [-0.1, -0.05) is 17.8 Å². The van der Waals surface area contributed by atoms with Gasteiger partial charge in [-0.2, -0.15) is 4.68 Å². The number of carbonyl (C=O) groups is 2. The van der Waals surface area contributed by atoms with Crippen LogP contribution in [0.25, 0.3) is 5.69 Å². The first kappa shape index (κ1) is 18.5. The molecule has 0 unspecified atom stereocenters. The number of rotatable bonds is 6. The van der Waals surface area contributed by atoms with Crippen molar-refractivity contribution < 1.29 is 18.7 Å². The van der Waals surface area contributed by atoms with Crippen molar-refractivity contribution in [3.8, 4) is 5.69 Å². The Bertz CT molecular complexity index is 961. The molecule has 1 heterocycles. The minimum absolute atomic E-state index is 0.0500. The van der Waals surface area contributed by atoms with Gasteiger partial charge in [0.25, 0.3) is 0 Å². The highest BCUT2D eigenvalue weighted by atomic mass is 32.2. The number of nitrogens with one attached hydrogen (secondary N) is 1. The monoisotopic (exact) mass is 387 g/mol. The Hall–Kier alpha value is -3.27. The highest BCUT2D eigenvalue weighted by Crippen LogP contribution is 2.19. The summed E-state index contributed by atoms with van der Waals surface area (Å²) in [5.41, 5.74) is 1.41. The number of methoxy groups -OCH3 is 1. The lowest BCUT2D eigenvalue weighted by Gasteiger charge is -2.07. The van der Waals surface area contributed by atoms with Crippen LogP contribution in [0.4, 0.5) is 10.1 Å². The zero-order valence-electron chi connectivity index (χ0n) is 14.1. The van der Waals surface area contributed by atoms with Crippen molar-refractivity contribution in [2.75, 3.05) is 18.2 Å². The van der Waals surface area contributed by atoms with Crippen molar-refractivity contribution in [1.82, 2.24) is 20.2 Å². The normalized spacial score (nSPS) is 10.4. The van der Waals surface area contributed by atoms with Gasteiger partial charge in [-0.05, 0) is 52.9 Å². The summed E-state index contributed by atoms with van der Waals surface area (Å²) in [6.45, 7) is 0. The number of carbonyl (C=O) groups excluding carboxylic acids is 2. The molecule has 138 valence electrons. The van der Waals surface area contributed by atoms with Crippen LogP contribution in [-0.2, 0) is 9.53 Å². The Morgan fingerprint density at radius 2 is 2.00 bits per heavy atom. The fraction of sp³-hybridized carbons (Fsp3) is 0.118. The fourth-order valence-electron chi connectivity index (χ4n) is 2.17. The number of halogens is 1. The molecule has 0 aliphatic rings. The summed E-state index contributed by atoms with van der Waals surface area (Å²) >= 11 is 1.12. The second kappa shape index (κ2) is 8.41. The van der Waals surface area contributed by atoms with Crippen LogP contribution in [-0.4, -0.2) is 44.9 Å². The Balaban J connectivity index is 1.67. The first-order valence-electron chi connectivity index (χ1n) is 7.72. The molecule has 1 aromatic heterocycles. The molecule has 0 aliphatic carbocycles. The molecular formula is C17H14FN5O3S. The van der Waals surface area contributed by atoms with Crippen LogP contribution in [0.3, 0.4) is 0 Å². The first-order valence-corrected chi connectivity index (χ1v) is 8.71. The summed E-state index contributed by atoms with van der Waals surface area (Å²) in [5, 5.41) is 14.4. The topological polar surface area (TPSA) is 99.0 Å². The van der Waals surface area contributed by atoms with Gasteiger partial charge in [0.2, 0.25) is 11.1 Å². The number of aromatic nitrogens is 4. The Kier molecular flexibility index (Phi) is 5.77. The fourth-order valence-corrected chi connectivity index (χ4v) is 2.86. The van der Waals surface area contributed by atoms with Gasteiger partial charge in [-0.3, -0.25) is 4.79 Å². The van der Waals surface area contributed by atoms with Crippen LogP contribution in [0.1, 0.15) is 10.4 Å². The number of benzene rings is 2. The molecule has 0 radical (unpaired) electrons. The molecule has 0 fully saturated rings. The molecule has 3 aromatic rings. The zero-order chi connectivity index (χ0) is 19.2. The SMILES string of the molecule is COC(=O)c1cccc(-n2nnnc2SCC(=O)Nc2ccc(F)cc2)c1. The van der Waals surface area contributed by atoms with E-state index in [0.29, 0.717) is 22.1 Å². The number of tetrazole rings is 1. The van der Waals surface area contributed by atoms with Gasteiger partial charge in [0.05, 0.1) is 24.1 Å². The number of esters is 1. The third kappa shape index (κ3) is 4.67. The number of amides is 1. The molecule has 10 heteroatoms. The predicted octanol–water partition coefficient (Wildman–Crippen LogP) is 2.32. The summed E-state index contributed by atoms with van der Waals surface area (Å²) in [7, 11) is 1.30. The van der Waals surface area contributed by atoms with E-state index in [1.165, 1.54) is 36.1 Å². The smallest absolute Gasteiger partial charge is 0.337 e. The molecule has 3 rings (SSSR count). The van der Waals surface area contributed by atoms with Gasteiger partial charge in [0.15, 0.2) is 0 Å². The van der Waals surface area contributed by atoms with Gasteiger partial charge in [0, 0.05) is 5.69 Å². The third-order valence-electron chi connectivity index (χ3n) is 3.41. The van der Waals surface area contributed by atoms with Crippen molar-refractivity contribution in [3.63, 3.8) is 0 Å². The van der Waals surface area contributed by atoms with Crippen LogP contribution < -0.4 is 5.32 Å². The number of ether oxygens (including phenoxy) is 1. The molecule has 0 spiro atoms. The second-order valence-corrected chi connectivity index (χ2v) is 6.20. The quantitative estimate of drug-likeness (QED) is 0.512. The van der Waals surface area contributed by atoms with E-state index in [4.69, 9.17) is 4.74 Å². The lowest BCUT2D eigenvalue weighted by molar-refractivity contribution is -0.113. The van der Waals surface area contributed by atoms with E-state index < -0.39 is 5.97 Å². The maximum atomic E-state index is 12.9. The molecule has 8 nitrogen and oxygen atoms in total. The number of hydrogen-bond donors (Lipinski definition) is 1. The molecule has 0 saturated heterocycles. The van der Waals surface area contributed by atoms with Crippen molar-refractivity contribution in [3.05, 3.63) is 59.9 Å². The Morgan fingerprint density at radius 3 is 2.74 bits per heavy atom.